The molecule has 0 radical (unpaired) electrons. The number of methoxy groups -OCH3 is 4. The molecule has 0 unspecified atom stereocenters. The third-order valence-electron chi connectivity index (χ3n) is 10.3. The lowest BCUT2D eigenvalue weighted by molar-refractivity contribution is -1.92. The van der Waals surface area contributed by atoms with Crippen LogP contribution in [-0.2, 0) is 17.6 Å². The fourth-order valence-corrected chi connectivity index (χ4v) is 8.39. The molecule has 16 nitrogen and oxygen atoms in total. The number of alkyl halides is 2. The Hall–Kier alpha value is -2.13. The van der Waals surface area contributed by atoms with Gasteiger partial charge >= 0.3 is 0 Å². The molecule has 2 N–H and O–H groups in total. The molecule has 3 aliphatic rings. The van der Waals surface area contributed by atoms with Gasteiger partial charge in [0.2, 0.25) is 5.91 Å². The van der Waals surface area contributed by atoms with E-state index in [2.05, 4.69) is 45.9 Å². The van der Waals surface area contributed by atoms with Crippen molar-refractivity contribution in [2.75, 3.05) is 79.5 Å². The molecule has 5 rings (SSSR count). The van der Waals surface area contributed by atoms with Gasteiger partial charge in [-0.25, -0.2) is 0 Å². The molecule has 312 valence electrons. The summed E-state index contributed by atoms with van der Waals surface area (Å²) in [6.45, 7) is 6.65. The van der Waals surface area contributed by atoms with Crippen LogP contribution in [0.3, 0.4) is 0 Å². The molecule has 2 aromatic rings. The van der Waals surface area contributed by atoms with Crippen LogP contribution in [-0.4, -0.2) is 109 Å². The number of benzene rings is 2. The number of carbonyl (C=O) groups excluding carboxylic acids is 1. The van der Waals surface area contributed by atoms with Gasteiger partial charge in [-0.1, -0.05) is 13.3 Å². The number of amides is 1. The molecule has 20 heteroatoms. The molecule has 0 spiro atoms. The summed E-state index contributed by atoms with van der Waals surface area (Å²) < 4.78 is 88.2. The van der Waals surface area contributed by atoms with Crippen LogP contribution in [0.2, 0.25) is 0 Å². The van der Waals surface area contributed by atoms with Gasteiger partial charge in [-0.05, 0) is 84.0 Å². The zero-order valence-electron chi connectivity index (χ0n) is 31.5. The average molecular weight is 864 g/mol. The van der Waals surface area contributed by atoms with E-state index in [1.54, 1.807) is 28.4 Å². The third kappa shape index (κ3) is 14.0. The third-order valence-corrected chi connectivity index (χ3v) is 10.6. The zero-order chi connectivity index (χ0) is 41.1. The monoisotopic (exact) mass is 861 g/mol. The highest BCUT2D eigenvalue weighted by molar-refractivity contribution is 6.18. The van der Waals surface area contributed by atoms with Gasteiger partial charge in [0, 0.05) is 50.5 Å². The van der Waals surface area contributed by atoms with Crippen molar-refractivity contribution in [3.05, 3.63) is 46.5 Å². The Balaban J connectivity index is 0.000000721. The molecule has 1 saturated heterocycles. The number of hydrogen-bond donors (Lipinski definition) is 2. The molecule has 3 aliphatic heterocycles. The van der Waals surface area contributed by atoms with E-state index in [0.29, 0.717) is 61.6 Å². The number of halogens is 4. The summed E-state index contributed by atoms with van der Waals surface area (Å²) in [6, 6.07) is 8.82. The molecule has 4 atom stereocenters. The van der Waals surface area contributed by atoms with Gasteiger partial charge in [-0.2, -0.15) is 28.0 Å². The maximum absolute atomic E-state index is 14.1. The lowest BCUT2D eigenvalue weighted by Crippen LogP contribution is -2.58. The van der Waals surface area contributed by atoms with E-state index in [4.69, 9.17) is 79.4 Å². The maximum Gasteiger partial charge on any atom is 0.237 e. The van der Waals surface area contributed by atoms with Gasteiger partial charge < -0.3 is 23.8 Å². The van der Waals surface area contributed by atoms with Crippen molar-refractivity contribution in [1.82, 2.24) is 14.7 Å². The SMILES string of the molecule is CC[C@@H]1CN2CCc3cc(OC)c(OC)cc3[C@H]2C[C@H]1C[C@@H]1c2cc(OC)c(OC)cc2CCN1C(=O)CN(CCCl)CCCl.[O-][Cl+3]([O-])([O-])O.[O-][Cl+3]([O-])([O-])O. The molecular formula is C35H51Cl4N3O13. The van der Waals surface area contributed by atoms with Crippen LogP contribution < -0.4 is 46.9 Å². The predicted molar refractivity (Wildman–Crippen MR) is 184 cm³/mol. The zero-order valence-corrected chi connectivity index (χ0v) is 34.6. The normalized spacial score (nSPS) is 20.8. The van der Waals surface area contributed by atoms with Crippen molar-refractivity contribution >= 4 is 29.1 Å². The molecule has 2 aromatic carbocycles. The highest BCUT2D eigenvalue weighted by atomic mass is 35.7. The largest absolute Gasteiger partial charge is 0.493 e. The second-order valence-electron chi connectivity index (χ2n) is 13.3. The molecule has 1 amide bonds. The van der Waals surface area contributed by atoms with Crippen LogP contribution in [0.15, 0.2) is 24.3 Å². The summed E-state index contributed by atoms with van der Waals surface area (Å²) in [5.41, 5.74) is 5.09. The highest BCUT2D eigenvalue weighted by Crippen LogP contribution is 2.49. The van der Waals surface area contributed by atoms with Crippen LogP contribution in [0.1, 0.15) is 60.5 Å². The van der Waals surface area contributed by atoms with Crippen molar-refractivity contribution in [1.29, 1.82) is 0 Å². The first kappa shape index (κ1) is 47.2. The smallest absolute Gasteiger partial charge is 0.237 e. The van der Waals surface area contributed by atoms with Crippen LogP contribution >= 0.6 is 23.2 Å². The average Bonchev–Trinajstić information content (AvgIpc) is 3.12. The van der Waals surface area contributed by atoms with Gasteiger partial charge in [0.1, 0.15) is 0 Å². The highest BCUT2D eigenvalue weighted by Gasteiger charge is 2.42. The van der Waals surface area contributed by atoms with Crippen molar-refractivity contribution in [3.63, 3.8) is 0 Å². The number of nitrogens with zero attached hydrogens (tertiary/aromatic N) is 3. The van der Waals surface area contributed by atoms with Crippen molar-refractivity contribution in [2.45, 2.75) is 51.1 Å². The number of ether oxygens (including phenoxy) is 4. The number of rotatable bonds is 13. The molecule has 0 bridgehead atoms. The predicted octanol–water partition coefficient (Wildman–Crippen LogP) is -2.29. The Morgan fingerprint density at radius 3 is 1.71 bits per heavy atom. The Morgan fingerprint density at radius 1 is 0.782 bits per heavy atom. The second-order valence-corrected chi connectivity index (χ2v) is 15.6. The summed E-state index contributed by atoms with van der Waals surface area (Å²) in [4.78, 5) is 20.9. The molecule has 0 saturated carbocycles. The summed E-state index contributed by atoms with van der Waals surface area (Å²) in [7, 11) is -2.63. The van der Waals surface area contributed by atoms with Gasteiger partial charge in [-0.15, -0.1) is 23.2 Å². The Labute approximate surface area is 336 Å². The summed E-state index contributed by atoms with van der Waals surface area (Å²) in [5.74, 6) is 5.02. The minimum Gasteiger partial charge on any atom is -0.493 e. The van der Waals surface area contributed by atoms with E-state index >= 15 is 0 Å². The van der Waals surface area contributed by atoms with Gasteiger partial charge in [0.05, 0.1) is 70.8 Å². The van der Waals surface area contributed by atoms with Crippen molar-refractivity contribution < 1.29 is 81.5 Å². The van der Waals surface area contributed by atoms with Gasteiger partial charge in [0.25, 0.3) is 0 Å². The Bertz CT molecular complexity index is 1500. The first-order valence-electron chi connectivity index (χ1n) is 17.5. The van der Waals surface area contributed by atoms with Crippen LogP contribution in [0.25, 0.3) is 0 Å². The fraction of sp³-hybridized carbons (Fsp3) is 0.629. The summed E-state index contributed by atoms with van der Waals surface area (Å²) >= 11 is 12.2. The number of hydrogen-bond acceptors (Lipinski definition) is 15. The van der Waals surface area contributed by atoms with E-state index < -0.39 is 20.5 Å². The molecule has 0 aromatic heterocycles. The molecular weight excluding hydrogens is 812 g/mol. The number of carbonyl (C=O) groups is 1. The van der Waals surface area contributed by atoms with E-state index in [1.807, 2.05) is 0 Å². The summed E-state index contributed by atoms with van der Waals surface area (Å²) in [6.07, 6.45) is 4.81. The first-order chi connectivity index (χ1) is 25.9. The van der Waals surface area contributed by atoms with E-state index in [0.717, 1.165) is 62.4 Å². The number of piperidine rings is 1. The standard InChI is InChI=1S/C35H49Cl2N3O5.2ClHO4/c1-6-23-21-39-11-7-24-17-31(42-2)33(44-4)19-27(24)29(39)15-26(23)16-30-28-20-34(45-5)32(43-3)18-25(28)8-12-40(30)35(41)22-38(13-9-36)14-10-37;2*2-1(3,4)5/h17-20,23,26,29-30H,6-16,21-22H2,1-5H3;2*(H,2,3,4,5)/t23-,26+,29-,30-;;/m1../s1. The van der Waals surface area contributed by atoms with Crippen LogP contribution in [0.5, 0.6) is 23.0 Å². The van der Waals surface area contributed by atoms with E-state index in [-0.39, 0.29) is 11.9 Å². The maximum atomic E-state index is 14.1. The molecule has 0 aliphatic carbocycles. The molecule has 55 heavy (non-hydrogen) atoms. The Kier molecular flexibility index (Phi) is 18.5. The van der Waals surface area contributed by atoms with Crippen LogP contribution in [0, 0.1) is 32.3 Å². The minimum absolute atomic E-state index is 0.0611. The molecule has 1 fully saturated rings. The second kappa shape index (κ2) is 21.6. The van der Waals surface area contributed by atoms with Crippen molar-refractivity contribution in [2.24, 2.45) is 11.8 Å². The Morgan fingerprint density at radius 2 is 1.24 bits per heavy atom. The minimum atomic E-state index is -4.69. The lowest BCUT2D eigenvalue weighted by Gasteiger charge is -2.49. The van der Waals surface area contributed by atoms with E-state index in [9.17, 15) is 4.79 Å². The first-order valence-corrected chi connectivity index (χ1v) is 21.1. The summed E-state index contributed by atoms with van der Waals surface area (Å²) in [5, 5.41) is 0. The van der Waals surface area contributed by atoms with E-state index in [1.165, 1.54) is 22.3 Å². The topological polar surface area (TPSA) is 243 Å². The lowest BCUT2D eigenvalue weighted by atomic mass is 9.72. The van der Waals surface area contributed by atoms with Gasteiger partial charge in [0.15, 0.2) is 23.0 Å². The molecule has 3 heterocycles. The fourth-order valence-electron chi connectivity index (χ4n) is 7.91. The number of fused-ring (bicyclic) bond motifs is 4. The quantitative estimate of drug-likeness (QED) is 0.202. The van der Waals surface area contributed by atoms with Crippen molar-refractivity contribution in [3.8, 4) is 23.0 Å². The van der Waals surface area contributed by atoms with Crippen LogP contribution in [0.4, 0.5) is 0 Å². The van der Waals surface area contributed by atoms with Gasteiger partial charge in [-0.3, -0.25) is 14.6 Å².